The summed E-state index contributed by atoms with van der Waals surface area (Å²) in [7, 11) is 6.49. The van der Waals surface area contributed by atoms with Crippen LogP contribution in [0.4, 0.5) is 0 Å². The number of nitrogens with one attached hydrogen (secondary N) is 2. The average molecular weight is 293 g/mol. The molecule has 0 amide bonds. The molecule has 6 heteroatoms. The number of aliphatic imine (C=N–C) groups is 1. The highest BCUT2D eigenvalue weighted by Gasteiger charge is 2.13. The summed E-state index contributed by atoms with van der Waals surface area (Å²) in [5.74, 6) is 2.53. The summed E-state index contributed by atoms with van der Waals surface area (Å²) in [5.41, 5.74) is 0.992. The lowest BCUT2D eigenvalue weighted by Gasteiger charge is -2.15. The van der Waals surface area contributed by atoms with E-state index in [4.69, 9.17) is 14.2 Å². The van der Waals surface area contributed by atoms with Gasteiger partial charge in [-0.05, 0) is 17.7 Å². The third-order valence-corrected chi connectivity index (χ3v) is 2.82. The summed E-state index contributed by atoms with van der Waals surface area (Å²) in [4.78, 5) is 4.12. The fraction of sp³-hybridized carbons (Fsp3) is 0.400. The zero-order chi connectivity index (χ0) is 15.7. The van der Waals surface area contributed by atoms with E-state index in [-0.39, 0.29) is 0 Å². The molecule has 0 heterocycles. The van der Waals surface area contributed by atoms with Crippen LogP contribution in [0.3, 0.4) is 0 Å². The number of nitrogens with zero attached hydrogens (tertiary/aromatic N) is 1. The third-order valence-electron chi connectivity index (χ3n) is 2.82. The SMILES string of the molecule is C=CCNC(=NC)NCc1cc(OC)c(OC)c(OC)c1. The van der Waals surface area contributed by atoms with Gasteiger partial charge in [-0.3, -0.25) is 4.99 Å². The van der Waals surface area contributed by atoms with E-state index in [1.54, 1.807) is 34.5 Å². The van der Waals surface area contributed by atoms with E-state index < -0.39 is 0 Å². The molecule has 1 aromatic rings. The average Bonchev–Trinajstić information content (AvgIpc) is 2.53. The van der Waals surface area contributed by atoms with E-state index in [0.717, 1.165) is 5.56 Å². The monoisotopic (exact) mass is 293 g/mol. The molecule has 0 aliphatic carbocycles. The molecule has 1 rings (SSSR count). The fourth-order valence-electron chi connectivity index (χ4n) is 1.81. The normalized spacial score (nSPS) is 10.8. The van der Waals surface area contributed by atoms with Crippen LogP contribution in [0.2, 0.25) is 0 Å². The topological polar surface area (TPSA) is 64.1 Å². The predicted octanol–water partition coefficient (Wildman–Crippen LogP) is 1.56. The standard InChI is InChI=1S/C15H23N3O3/c1-6-7-17-15(16-2)18-10-11-8-12(19-3)14(21-5)13(9-11)20-4/h6,8-9H,1,7,10H2,2-5H3,(H2,16,17,18). The van der Waals surface area contributed by atoms with Crippen LogP contribution in [0, 0.1) is 0 Å². The molecule has 0 radical (unpaired) electrons. The largest absolute Gasteiger partial charge is 0.493 e. The van der Waals surface area contributed by atoms with Crippen LogP contribution in [-0.2, 0) is 6.54 Å². The smallest absolute Gasteiger partial charge is 0.203 e. The van der Waals surface area contributed by atoms with Crippen LogP contribution in [0.25, 0.3) is 0 Å². The van der Waals surface area contributed by atoms with Crippen molar-refractivity contribution < 1.29 is 14.2 Å². The van der Waals surface area contributed by atoms with Gasteiger partial charge in [0.15, 0.2) is 17.5 Å². The molecule has 1 aromatic carbocycles. The molecular weight excluding hydrogens is 270 g/mol. The molecule has 0 fully saturated rings. The molecule has 0 aromatic heterocycles. The molecule has 21 heavy (non-hydrogen) atoms. The summed E-state index contributed by atoms with van der Waals surface area (Å²) in [6.07, 6.45) is 1.77. The van der Waals surface area contributed by atoms with Crippen molar-refractivity contribution in [1.29, 1.82) is 0 Å². The first-order valence-electron chi connectivity index (χ1n) is 6.54. The minimum absolute atomic E-state index is 0.577. The Morgan fingerprint density at radius 1 is 1.14 bits per heavy atom. The van der Waals surface area contributed by atoms with E-state index in [9.17, 15) is 0 Å². The molecule has 0 saturated carbocycles. The first-order chi connectivity index (χ1) is 10.2. The third kappa shape index (κ3) is 4.59. The summed E-state index contributed by atoms with van der Waals surface area (Å²) in [6.45, 7) is 4.88. The Hall–Kier alpha value is -2.37. The Labute approximate surface area is 125 Å². The Bertz CT molecular complexity index is 476. The summed E-state index contributed by atoms with van der Waals surface area (Å²) in [5, 5.41) is 6.30. The van der Waals surface area contributed by atoms with Crippen molar-refractivity contribution in [3.8, 4) is 17.2 Å². The minimum Gasteiger partial charge on any atom is -0.493 e. The van der Waals surface area contributed by atoms with Crippen molar-refractivity contribution in [2.45, 2.75) is 6.54 Å². The molecule has 0 saturated heterocycles. The van der Waals surface area contributed by atoms with Crippen molar-refractivity contribution in [2.24, 2.45) is 4.99 Å². The molecule has 0 atom stereocenters. The van der Waals surface area contributed by atoms with E-state index in [1.165, 1.54) is 0 Å². The van der Waals surface area contributed by atoms with Gasteiger partial charge in [-0.2, -0.15) is 0 Å². The van der Waals surface area contributed by atoms with E-state index in [0.29, 0.717) is 36.3 Å². The number of guanidine groups is 1. The Balaban J connectivity index is 2.86. The van der Waals surface area contributed by atoms with Crippen molar-refractivity contribution in [1.82, 2.24) is 10.6 Å². The predicted molar refractivity (Wildman–Crippen MR) is 84.5 cm³/mol. The van der Waals surface area contributed by atoms with E-state index in [2.05, 4.69) is 22.2 Å². The van der Waals surface area contributed by atoms with Gasteiger partial charge in [0.2, 0.25) is 5.75 Å². The Kier molecular flexibility index (Phi) is 6.94. The number of hydrogen-bond acceptors (Lipinski definition) is 4. The molecule has 0 unspecified atom stereocenters. The maximum atomic E-state index is 5.33. The number of rotatable bonds is 7. The molecular formula is C15H23N3O3. The quantitative estimate of drug-likeness (QED) is 0.454. The molecule has 0 aliphatic heterocycles. The van der Waals surface area contributed by atoms with Gasteiger partial charge in [0.25, 0.3) is 0 Å². The number of hydrogen-bond donors (Lipinski definition) is 2. The minimum atomic E-state index is 0.577. The van der Waals surface area contributed by atoms with E-state index in [1.807, 2.05) is 12.1 Å². The number of benzene rings is 1. The summed E-state index contributed by atoms with van der Waals surface area (Å²) >= 11 is 0. The second kappa shape index (κ2) is 8.73. The first-order valence-corrected chi connectivity index (χ1v) is 6.54. The van der Waals surface area contributed by atoms with Crippen LogP contribution >= 0.6 is 0 Å². The Morgan fingerprint density at radius 2 is 1.76 bits per heavy atom. The highest BCUT2D eigenvalue weighted by molar-refractivity contribution is 5.79. The maximum Gasteiger partial charge on any atom is 0.203 e. The van der Waals surface area contributed by atoms with Crippen molar-refractivity contribution in [3.05, 3.63) is 30.4 Å². The number of ether oxygens (including phenoxy) is 3. The van der Waals surface area contributed by atoms with Crippen LogP contribution in [0.1, 0.15) is 5.56 Å². The van der Waals surface area contributed by atoms with Gasteiger partial charge in [0.05, 0.1) is 21.3 Å². The lowest BCUT2D eigenvalue weighted by molar-refractivity contribution is 0.323. The maximum absolute atomic E-state index is 5.33. The van der Waals surface area contributed by atoms with Crippen LogP contribution in [0.5, 0.6) is 17.2 Å². The molecule has 6 nitrogen and oxygen atoms in total. The fourth-order valence-corrected chi connectivity index (χ4v) is 1.81. The van der Waals surface area contributed by atoms with Gasteiger partial charge < -0.3 is 24.8 Å². The zero-order valence-electron chi connectivity index (χ0n) is 13.0. The second-order valence-corrected chi connectivity index (χ2v) is 4.13. The lowest BCUT2D eigenvalue weighted by atomic mass is 10.2. The van der Waals surface area contributed by atoms with Gasteiger partial charge in [-0.25, -0.2) is 0 Å². The Morgan fingerprint density at radius 3 is 2.19 bits per heavy atom. The van der Waals surface area contributed by atoms with Crippen LogP contribution in [-0.4, -0.2) is 40.9 Å². The van der Waals surface area contributed by atoms with Gasteiger partial charge in [0.1, 0.15) is 0 Å². The summed E-state index contributed by atoms with van der Waals surface area (Å²) < 4.78 is 15.9. The first kappa shape index (κ1) is 16.7. The van der Waals surface area contributed by atoms with Crippen LogP contribution in [0.15, 0.2) is 29.8 Å². The molecule has 116 valence electrons. The van der Waals surface area contributed by atoms with Crippen molar-refractivity contribution in [3.63, 3.8) is 0 Å². The highest BCUT2D eigenvalue weighted by atomic mass is 16.5. The van der Waals surface area contributed by atoms with Crippen molar-refractivity contribution in [2.75, 3.05) is 34.9 Å². The molecule has 0 bridgehead atoms. The molecule has 0 aliphatic rings. The molecule has 2 N–H and O–H groups in total. The van der Waals surface area contributed by atoms with Crippen LogP contribution < -0.4 is 24.8 Å². The number of methoxy groups -OCH3 is 3. The lowest BCUT2D eigenvalue weighted by Crippen LogP contribution is -2.36. The van der Waals surface area contributed by atoms with Gasteiger partial charge in [-0.1, -0.05) is 6.08 Å². The summed E-state index contributed by atoms with van der Waals surface area (Å²) in [6, 6.07) is 3.80. The van der Waals surface area contributed by atoms with Gasteiger partial charge in [-0.15, -0.1) is 6.58 Å². The molecule has 0 spiro atoms. The zero-order valence-corrected chi connectivity index (χ0v) is 13.0. The van der Waals surface area contributed by atoms with Gasteiger partial charge in [0, 0.05) is 20.1 Å². The highest BCUT2D eigenvalue weighted by Crippen LogP contribution is 2.38. The van der Waals surface area contributed by atoms with Gasteiger partial charge >= 0.3 is 0 Å². The van der Waals surface area contributed by atoms with Crippen molar-refractivity contribution >= 4 is 5.96 Å². The second-order valence-electron chi connectivity index (χ2n) is 4.13. The van der Waals surface area contributed by atoms with E-state index >= 15 is 0 Å².